The van der Waals surface area contributed by atoms with E-state index in [9.17, 15) is 4.79 Å². The van der Waals surface area contributed by atoms with Crippen molar-refractivity contribution >= 4 is 5.91 Å². The van der Waals surface area contributed by atoms with Crippen LogP contribution in [-0.4, -0.2) is 29.9 Å². The van der Waals surface area contributed by atoms with Gasteiger partial charge in [0.1, 0.15) is 0 Å². The normalized spacial score (nSPS) is 20.0. The van der Waals surface area contributed by atoms with Crippen molar-refractivity contribution in [2.45, 2.75) is 39.7 Å². The van der Waals surface area contributed by atoms with Crippen molar-refractivity contribution in [1.29, 1.82) is 0 Å². The molecule has 0 bridgehead atoms. The Bertz CT molecular complexity index is 445. The van der Waals surface area contributed by atoms with Crippen molar-refractivity contribution in [1.82, 2.24) is 4.90 Å². The van der Waals surface area contributed by atoms with Gasteiger partial charge in [0.15, 0.2) is 0 Å². The van der Waals surface area contributed by atoms with Gasteiger partial charge in [-0.2, -0.15) is 0 Å². The quantitative estimate of drug-likeness (QED) is 0.825. The molecule has 3 heteroatoms. The summed E-state index contributed by atoms with van der Waals surface area (Å²) in [4.78, 5) is 14.5. The highest BCUT2D eigenvalue weighted by atomic mass is 16.2. The molecular weight excluding hydrogens is 224 g/mol. The molecule has 0 unspecified atom stereocenters. The topological polar surface area (TPSA) is 46.3 Å². The maximum atomic E-state index is 12.6. The largest absolute Gasteiger partial charge is 0.337 e. The molecule has 1 aliphatic heterocycles. The van der Waals surface area contributed by atoms with Crippen LogP contribution in [0.5, 0.6) is 0 Å². The molecule has 0 aromatic heterocycles. The van der Waals surface area contributed by atoms with Gasteiger partial charge in [-0.25, -0.2) is 0 Å². The third-order valence-corrected chi connectivity index (χ3v) is 3.64. The van der Waals surface area contributed by atoms with Gasteiger partial charge in [-0.15, -0.1) is 0 Å². The zero-order valence-corrected chi connectivity index (χ0v) is 11.5. The first-order chi connectivity index (χ1) is 8.49. The summed E-state index contributed by atoms with van der Waals surface area (Å²) in [7, 11) is 0. The number of likely N-dealkylation sites (tertiary alicyclic amines) is 1. The van der Waals surface area contributed by atoms with Gasteiger partial charge in [0.25, 0.3) is 5.91 Å². The van der Waals surface area contributed by atoms with Crippen LogP contribution in [0.4, 0.5) is 0 Å². The predicted octanol–water partition coefficient (Wildman–Crippen LogP) is 2.18. The fourth-order valence-electron chi connectivity index (χ4n) is 2.87. The molecule has 2 N–H and O–H groups in total. The molecule has 1 atom stereocenters. The fraction of sp³-hybridized carbons (Fsp3) is 0.533. The summed E-state index contributed by atoms with van der Waals surface area (Å²) in [6.07, 6.45) is 2.03. The number of hydrogen-bond acceptors (Lipinski definition) is 2. The summed E-state index contributed by atoms with van der Waals surface area (Å²) in [5.74, 6) is 0.139. The van der Waals surface area contributed by atoms with E-state index in [0.717, 1.165) is 36.1 Å². The molecule has 1 aromatic carbocycles. The molecule has 0 spiro atoms. The zero-order chi connectivity index (χ0) is 13.3. The lowest BCUT2D eigenvalue weighted by atomic mass is 9.97. The molecule has 0 radical (unpaired) electrons. The van der Waals surface area contributed by atoms with Crippen LogP contribution in [0.2, 0.25) is 0 Å². The molecule has 1 saturated heterocycles. The van der Waals surface area contributed by atoms with Crippen LogP contribution in [-0.2, 0) is 0 Å². The molecule has 1 aromatic rings. The van der Waals surface area contributed by atoms with Crippen LogP contribution in [0, 0.1) is 20.8 Å². The fourth-order valence-corrected chi connectivity index (χ4v) is 2.87. The molecule has 2 rings (SSSR count). The van der Waals surface area contributed by atoms with Crippen LogP contribution >= 0.6 is 0 Å². The van der Waals surface area contributed by atoms with Crippen molar-refractivity contribution in [3.63, 3.8) is 0 Å². The van der Waals surface area contributed by atoms with Gasteiger partial charge in [0, 0.05) is 24.7 Å². The van der Waals surface area contributed by atoms with Crippen LogP contribution in [0.3, 0.4) is 0 Å². The number of nitrogens with zero attached hydrogens (tertiary/aromatic N) is 1. The monoisotopic (exact) mass is 246 g/mol. The van der Waals surface area contributed by atoms with Crippen LogP contribution in [0.15, 0.2) is 12.1 Å². The summed E-state index contributed by atoms with van der Waals surface area (Å²) in [6.45, 7) is 7.60. The van der Waals surface area contributed by atoms with Gasteiger partial charge < -0.3 is 10.6 Å². The second kappa shape index (κ2) is 5.11. The molecule has 1 heterocycles. The number of carbonyl (C=O) groups is 1. The maximum Gasteiger partial charge on any atom is 0.254 e. The van der Waals surface area contributed by atoms with Gasteiger partial charge in [0.05, 0.1) is 0 Å². The Balaban J connectivity index is 2.28. The van der Waals surface area contributed by atoms with Gasteiger partial charge >= 0.3 is 0 Å². The van der Waals surface area contributed by atoms with E-state index >= 15 is 0 Å². The SMILES string of the molecule is Cc1cc(C)c(C(=O)N2CCC[C@@H](N)C2)c(C)c1. The Hall–Kier alpha value is -1.35. The van der Waals surface area contributed by atoms with E-state index in [-0.39, 0.29) is 11.9 Å². The van der Waals surface area contributed by atoms with E-state index in [4.69, 9.17) is 5.73 Å². The number of piperidine rings is 1. The number of nitrogens with two attached hydrogens (primary N) is 1. The summed E-state index contributed by atoms with van der Waals surface area (Å²) in [5.41, 5.74) is 10.1. The Labute approximate surface area is 109 Å². The highest BCUT2D eigenvalue weighted by Gasteiger charge is 2.24. The predicted molar refractivity (Wildman–Crippen MR) is 73.8 cm³/mol. The van der Waals surface area contributed by atoms with Crippen molar-refractivity contribution < 1.29 is 4.79 Å². The Morgan fingerprint density at radius 2 is 1.89 bits per heavy atom. The van der Waals surface area contributed by atoms with Crippen LogP contribution < -0.4 is 5.73 Å². The second-order valence-corrected chi connectivity index (χ2v) is 5.43. The first-order valence-corrected chi connectivity index (χ1v) is 6.61. The van der Waals surface area contributed by atoms with Gasteiger partial charge in [0.2, 0.25) is 0 Å². The lowest BCUT2D eigenvalue weighted by molar-refractivity contribution is 0.0707. The Morgan fingerprint density at radius 3 is 2.44 bits per heavy atom. The Kier molecular flexibility index (Phi) is 3.71. The molecule has 1 fully saturated rings. The van der Waals surface area contributed by atoms with Gasteiger partial charge in [-0.3, -0.25) is 4.79 Å². The number of hydrogen-bond donors (Lipinski definition) is 1. The van der Waals surface area contributed by atoms with E-state index in [1.807, 2.05) is 18.7 Å². The van der Waals surface area contributed by atoms with Crippen molar-refractivity contribution in [3.05, 3.63) is 34.4 Å². The summed E-state index contributed by atoms with van der Waals surface area (Å²) >= 11 is 0. The minimum Gasteiger partial charge on any atom is -0.337 e. The maximum absolute atomic E-state index is 12.6. The molecule has 0 saturated carbocycles. The minimum atomic E-state index is 0.133. The van der Waals surface area contributed by atoms with Crippen LogP contribution in [0.25, 0.3) is 0 Å². The lowest BCUT2D eigenvalue weighted by Crippen LogP contribution is -2.46. The first kappa shape index (κ1) is 13.1. The van der Waals surface area contributed by atoms with Gasteiger partial charge in [-0.1, -0.05) is 17.7 Å². The molecule has 0 aliphatic carbocycles. The third-order valence-electron chi connectivity index (χ3n) is 3.64. The standard InChI is InChI=1S/C15H22N2O/c1-10-7-11(2)14(12(3)8-10)15(18)17-6-4-5-13(16)9-17/h7-8,13H,4-6,9,16H2,1-3H3/t13-/m1/s1. The number of benzene rings is 1. The van der Waals surface area contributed by atoms with Gasteiger partial charge in [-0.05, 0) is 44.7 Å². The van der Waals surface area contributed by atoms with Crippen LogP contribution in [0.1, 0.15) is 39.9 Å². The molecule has 3 nitrogen and oxygen atoms in total. The van der Waals surface area contributed by atoms with E-state index in [0.29, 0.717) is 6.54 Å². The lowest BCUT2D eigenvalue weighted by Gasteiger charge is -2.31. The molecule has 1 amide bonds. The molecule has 18 heavy (non-hydrogen) atoms. The summed E-state index contributed by atoms with van der Waals surface area (Å²) < 4.78 is 0. The van der Waals surface area contributed by atoms with E-state index in [2.05, 4.69) is 19.1 Å². The number of carbonyl (C=O) groups excluding carboxylic acids is 1. The summed E-state index contributed by atoms with van der Waals surface area (Å²) in [6, 6.07) is 4.28. The summed E-state index contributed by atoms with van der Waals surface area (Å²) in [5, 5.41) is 0. The molecule has 1 aliphatic rings. The van der Waals surface area contributed by atoms with E-state index in [1.54, 1.807) is 0 Å². The van der Waals surface area contributed by atoms with E-state index < -0.39 is 0 Å². The van der Waals surface area contributed by atoms with Crippen molar-refractivity contribution in [2.24, 2.45) is 5.73 Å². The zero-order valence-electron chi connectivity index (χ0n) is 11.5. The van der Waals surface area contributed by atoms with Crippen molar-refractivity contribution in [3.8, 4) is 0 Å². The number of aryl methyl sites for hydroxylation is 3. The first-order valence-electron chi connectivity index (χ1n) is 6.61. The Morgan fingerprint density at radius 1 is 1.28 bits per heavy atom. The average molecular weight is 246 g/mol. The highest BCUT2D eigenvalue weighted by Crippen LogP contribution is 2.20. The average Bonchev–Trinajstić information content (AvgIpc) is 2.27. The third kappa shape index (κ3) is 2.56. The smallest absolute Gasteiger partial charge is 0.254 e. The van der Waals surface area contributed by atoms with E-state index in [1.165, 1.54) is 5.56 Å². The van der Waals surface area contributed by atoms with Crippen molar-refractivity contribution in [2.75, 3.05) is 13.1 Å². The highest BCUT2D eigenvalue weighted by molar-refractivity contribution is 5.97. The second-order valence-electron chi connectivity index (χ2n) is 5.43. The minimum absolute atomic E-state index is 0.133. The number of rotatable bonds is 1. The number of amides is 1. The molecular formula is C15H22N2O. The molecule has 98 valence electrons.